The summed E-state index contributed by atoms with van der Waals surface area (Å²) < 4.78 is 30.0. The Morgan fingerprint density at radius 1 is 0.864 bits per heavy atom. The Balaban J connectivity index is 1.39. The van der Waals surface area contributed by atoms with Crippen molar-refractivity contribution in [1.29, 1.82) is 0 Å². The number of hydrogen-bond donors (Lipinski definition) is 5. The Hall–Kier alpha value is -5.85. The topological polar surface area (TPSA) is 166 Å². The first-order chi connectivity index (χ1) is 21.3. The number of para-hydroxylation sites is 1. The Labute approximate surface area is 252 Å². The molecule has 228 valence electrons. The van der Waals surface area contributed by atoms with Gasteiger partial charge in [0.15, 0.2) is 5.82 Å². The number of urea groups is 1. The Bertz CT molecular complexity index is 1630. The first kappa shape index (κ1) is 31.1. The summed E-state index contributed by atoms with van der Waals surface area (Å²) in [4.78, 5) is 42.5. The molecule has 12 nitrogen and oxygen atoms in total. The standard InChI is InChI=1S/C31H31FN6O6/c1-42-20-10-8-19(9-11-20)29(39)37-27-24(33)14-16-34-28(27)38-30(40)22-13-12-21(43-2)18-26(22)44-17-5-15-35-31(41)36-25-7-4-3-6-23(25)32/h3-4,6-14,16,18H,5,15,17H2,1-2H3,(H,37,39)(H2,35,36,41)(H3,33,34,38,40). The molecule has 0 spiro atoms. The third kappa shape index (κ3) is 8.12. The smallest absolute Gasteiger partial charge is 0.319 e. The van der Waals surface area contributed by atoms with Crippen molar-refractivity contribution in [1.82, 2.24) is 10.3 Å². The van der Waals surface area contributed by atoms with E-state index >= 15 is 0 Å². The molecule has 44 heavy (non-hydrogen) atoms. The minimum Gasteiger partial charge on any atom is -0.497 e. The molecule has 1 aromatic heterocycles. The maximum Gasteiger partial charge on any atom is 0.319 e. The molecule has 0 radical (unpaired) electrons. The maximum absolute atomic E-state index is 13.7. The average Bonchev–Trinajstić information content (AvgIpc) is 3.03. The fourth-order valence-electron chi connectivity index (χ4n) is 3.93. The van der Waals surface area contributed by atoms with E-state index in [9.17, 15) is 18.8 Å². The number of carbonyl (C=O) groups excluding carboxylic acids is 3. The van der Waals surface area contributed by atoms with Crippen LogP contribution in [-0.4, -0.2) is 50.2 Å². The Kier molecular flexibility index (Phi) is 10.5. The molecule has 4 rings (SSSR count). The fourth-order valence-corrected chi connectivity index (χ4v) is 3.93. The largest absolute Gasteiger partial charge is 0.497 e. The number of aromatic nitrogens is 1. The summed E-state index contributed by atoms with van der Waals surface area (Å²) in [5.41, 5.74) is 7.00. The highest BCUT2D eigenvalue weighted by atomic mass is 19.1. The number of ether oxygens (including phenoxy) is 3. The summed E-state index contributed by atoms with van der Waals surface area (Å²) >= 11 is 0. The minimum absolute atomic E-state index is 0.0312. The van der Waals surface area contributed by atoms with Crippen LogP contribution in [0.15, 0.2) is 79.0 Å². The third-order valence-corrected chi connectivity index (χ3v) is 6.23. The molecule has 0 aliphatic carbocycles. The number of benzene rings is 3. The van der Waals surface area contributed by atoms with Gasteiger partial charge in [-0.2, -0.15) is 0 Å². The van der Waals surface area contributed by atoms with Crippen LogP contribution in [0.25, 0.3) is 0 Å². The van der Waals surface area contributed by atoms with Crippen LogP contribution in [0.1, 0.15) is 27.1 Å². The summed E-state index contributed by atoms with van der Waals surface area (Å²) in [7, 11) is 3.00. The lowest BCUT2D eigenvalue weighted by Gasteiger charge is -2.16. The SMILES string of the molecule is COc1ccc(C(=O)Nc2c(N)ccnc2NC(=O)c2ccc(OC)cc2OCCCNC(=O)Nc2ccccc2F)cc1. The van der Waals surface area contributed by atoms with E-state index in [2.05, 4.69) is 26.3 Å². The predicted molar refractivity (Wildman–Crippen MR) is 164 cm³/mol. The monoisotopic (exact) mass is 602 g/mol. The number of carbonyl (C=O) groups is 3. The van der Waals surface area contributed by atoms with Gasteiger partial charge >= 0.3 is 6.03 Å². The van der Waals surface area contributed by atoms with Crippen LogP contribution in [0, 0.1) is 5.82 Å². The predicted octanol–water partition coefficient (Wildman–Crippen LogP) is 4.92. The van der Waals surface area contributed by atoms with Gasteiger partial charge in [-0.1, -0.05) is 12.1 Å². The van der Waals surface area contributed by atoms with E-state index in [0.29, 0.717) is 23.5 Å². The number of nitrogens with one attached hydrogen (secondary N) is 4. The molecule has 0 unspecified atom stereocenters. The third-order valence-electron chi connectivity index (χ3n) is 6.23. The molecular formula is C31H31FN6O6. The maximum atomic E-state index is 13.7. The molecule has 1 heterocycles. The van der Waals surface area contributed by atoms with Crippen molar-refractivity contribution >= 4 is 40.7 Å². The van der Waals surface area contributed by atoms with E-state index in [0.717, 1.165) is 0 Å². The molecule has 13 heteroatoms. The normalized spacial score (nSPS) is 10.3. The van der Waals surface area contributed by atoms with Crippen molar-refractivity contribution in [2.45, 2.75) is 6.42 Å². The molecule has 0 atom stereocenters. The molecule has 0 saturated carbocycles. The molecule has 4 aromatic rings. The summed E-state index contributed by atoms with van der Waals surface area (Å²) in [6, 6.07) is 17.9. The number of amides is 4. The molecule has 6 N–H and O–H groups in total. The van der Waals surface area contributed by atoms with Crippen LogP contribution < -0.4 is 41.2 Å². The van der Waals surface area contributed by atoms with Gasteiger partial charge in [0, 0.05) is 24.4 Å². The number of halogens is 1. The molecule has 0 fully saturated rings. The van der Waals surface area contributed by atoms with Gasteiger partial charge in [-0.25, -0.2) is 14.2 Å². The second-order valence-electron chi connectivity index (χ2n) is 9.19. The lowest BCUT2D eigenvalue weighted by atomic mass is 10.1. The van der Waals surface area contributed by atoms with Crippen molar-refractivity contribution < 1.29 is 33.0 Å². The van der Waals surface area contributed by atoms with Gasteiger partial charge in [0.1, 0.15) is 28.8 Å². The summed E-state index contributed by atoms with van der Waals surface area (Å²) in [6.45, 7) is 0.351. The highest BCUT2D eigenvalue weighted by Crippen LogP contribution is 2.30. The summed E-state index contributed by atoms with van der Waals surface area (Å²) in [5.74, 6) is -0.303. The second kappa shape index (κ2) is 14.9. The van der Waals surface area contributed by atoms with Crippen LogP contribution in [0.2, 0.25) is 0 Å². The summed E-state index contributed by atoms with van der Waals surface area (Å²) in [6.07, 6.45) is 1.77. The van der Waals surface area contributed by atoms with E-state index in [1.54, 1.807) is 42.5 Å². The van der Waals surface area contributed by atoms with Crippen molar-refractivity contribution in [2.75, 3.05) is 49.1 Å². The van der Waals surface area contributed by atoms with Crippen molar-refractivity contribution in [3.05, 3.63) is 95.9 Å². The zero-order chi connectivity index (χ0) is 31.5. The van der Waals surface area contributed by atoms with Crippen LogP contribution in [-0.2, 0) is 0 Å². The van der Waals surface area contributed by atoms with Crippen molar-refractivity contribution in [2.24, 2.45) is 0 Å². The Morgan fingerprint density at radius 2 is 1.59 bits per heavy atom. The second-order valence-corrected chi connectivity index (χ2v) is 9.19. The van der Waals surface area contributed by atoms with E-state index < -0.39 is 23.7 Å². The van der Waals surface area contributed by atoms with Gasteiger partial charge in [0.05, 0.1) is 37.8 Å². The van der Waals surface area contributed by atoms with Crippen LogP contribution in [0.4, 0.5) is 32.1 Å². The summed E-state index contributed by atoms with van der Waals surface area (Å²) in [5, 5.41) is 10.4. The number of nitrogens with zero attached hydrogens (tertiary/aromatic N) is 1. The van der Waals surface area contributed by atoms with Gasteiger partial charge < -0.3 is 41.2 Å². The van der Waals surface area contributed by atoms with E-state index in [-0.39, 0.29) is 47.3 Å². The number of nitrogen functional groups attached to an aromatic ring is 1. The highest BCUT2D eigenvalue weighted by Gasteiger charge is 2.19. The molecule has 0 aliphatic rings. The molecule has 3 aromatic carbocycles. The van der Waals surface area contributed by atoms with Crippen LogP contribution in [0.5, 0.6) is 17.2 Å². The van der Waals surface area contributed by atoms with Crippen LogP contribution >= 0.6 is 0 Å². The molecule has 0 aliphatic heterocycles. The van der Waals surface area contributed by atoms with Crippen molar-refractivity contribution in [3.8, 4) is 17.2 Å². The van der Waals surface area contributed by atoms with Gasteiger partial charge in [0.25, 0.3) is 11.8 Å². The zero-order valence-electron chi connectivity index (χ0n) is 24.0. The molecule has 4 amide bonds. The van der Waals surface area contributed by atoms with E-state index in [1.807, 2.05) is 0 Å². The van der Waals surface area contributed by atoms with E-state index in [4.69, 9.17) is 19.9 Å². The Morgan fingerprint density at radius 3 is 2.32 bits per heavy atom. The number of anilines is 4. The van der Waals surface area contributed by atoms with Gasteiger partial charge in [0.2, 0.25) is 0 Å². The molecule has 0 saturated heterocycles. The average molecular weight is 603 g/mol. The van der Waals surface area contributed by atoms with Gasteiger partial charge in [-0.15, -0.1) is 0 Å². The molecule has 0 bridgehead atoms. The lowest BCUT2D eigenvalue weighted by Crippen LogP contribution is -2.30. The quantitative estimate of drug-likeness (QED) is 0.143. The zero-order valence-corrected chi connectivity index (χ0v) is 24.0. The number of pyridine rings is 1. The number of hydrogen-bond acceptors (Lipinski definition) is 8. The van der Waals surface area contributed by atoms with Gasteiger partial charge in [-0.3, -0.25) is 9.59 Å². The minimum atomic E-state index is -0.580. The number of methoxy groups -OCH3 is 2. The van der Waals surface area contributed by atoms with Crippen LogP contribution in [0.3, 0.4) is 0 Å². The van der Waals surface area contributed by atoms with Crippen molar-refractivity contribution in [3.63, 3.8) is 0 Å². The number of nitrogens with two attached hydrogens (primary N) is 1. The first-order valence-electron chi connectivity index (χ1n) is 13.4. The lowest BCUT2D eigenvalue weighted by molar-refractivity contribution is 0.101. The fraction of sp³-hybridized carbons (Fsp3) is 0.161. The molecular weight excluding hydrogens is 571 g/mol. The first-order valence-corrected chi connectivity index (χ1v) is 13.4. The highest BCUT2D eigenvalue weighted by molar-refractivity contribution is 6.11. The van der Waals surface area contributed by atoms with Gasteiger partial charge in [-0.05, 0) is 61.0 Å². The van der Waals surface area contributed by atoms with E-state index in [1.165, 1.54) is 50.7 Å². The number of rotatable bonds is 12.